The third-order valence-corrected chi connectivity index (χ3v) is 5.57. The number of nitrogens with zero attached hydrogens (tertiary/aromatic N) is 3. The lowest BCUT2D eigenvalue weighted by Crippen LogP contribution is -1.99. The first-order chi connectivity index (χ1) is 14.4. The average Bonchev–Trinajstić information content (AvgIpc) is 3.26. The highest BCUT2D eigenvalue weighted by atomic mass is 16.5. The fraction of sp³-hybridized carbons (Fsp3) is 0.200. The maximum absolute atomic E-state index is 9.82. The molecule has 0 saturated heterocycles. The van der Waals surface area contributed by atoms with E-state index >= 15 is 0 Å². The lowest BCUT2D eigenvalue weighted by molar-refractivity contribution is 0.414. The van der Waals surface area contributed by atoms with E-state index in [9.17, 15) is 5.26 Å². The number of imidazole rings is 1. The molecule has 0 radical (unpaired) electrons. The summed E-state index contributed by atoms with van der Waals surface area (Å²) < 4.78 is 7.43. The van der Waals surface area contributed by atoms with E-state index in [0.717, 1.165) is 39.4 Å². The maximum atomic E-state index is 9.82. The molecule has 0 unspecified atom stereocenters. The Hall–Kier alpha value is -3.78. The molecule has 150 valence electrons. The van der Waals surface area contributed by atoms with Gasteiger partial charge in [0, 0.05) is 17.1 Å². The molecule has 5 heteroatoms. The molecule has 0 spiro atoms. The van der Waals surface area contributed by atoms with E-state index in [0.29, 0.717) is 11.4 Å². The lowest BCUT2D eigenvalue weighted by Gasteiger charge is -2.10. The van der Waals surface area contributed by atoms with Crippen molar-refractivity contribution >= 4 is 22.7 Å². The summed E-state index contributed by atoms with van der Waals surface area (Å²) in [7, 11) is 1.66. The summed E-state index contributed by atoms with van der Waals surface area (Å²) in [5.41, 5.74) is 8.92. The predicted molar refractivity (Wildman–Crippen MR) is 121 cm³/mol. The summed E-state index contributed by atoms with van der Waals surface area (Å²) in [6.45, 7) is 8.26. The van der Waals surface area contributed by atoms with E-state index in [2.05, 4.69) is 66.5 Å². The Kier molecular flexibility index (Phi) is 4.93. The molecule has 2 aromatic heterocycles. The Morgan fingerprint density at radius 1 is 1.07 bits per heavy atom. The summed E-state index contributed by atoms with van der Waals surface area (Å²) in [6, 6.07) is 16.5. The number of aryl methyl sites for hydroxylation is 3. The number of ether oxygens (including phenoxy) is 1. The Balaban J connectivity index is 1.77. The minimum Gasteiger partial charge on any atom is -0.497 e. The first kappa shape index (κ1) is 19.5. The minimum absolute atomic E-state index is 0.511. The molecule has 2 heterocycles. The highest BCUT2D eigenvalue weighted by Crippen LogP contribution is 2.27. The van der Waals surface area contributed by atoms with Crippen LogP contribution in [-0.4, -0.2) is 21.6 Å². The Labute approximate surface area is 176 Å². The van der Waals surface area contributed by atoms with Gasteiger partial charge >= 0.3 is 0 Å². The van der Waals surface area contributed by atoms with Crippen LogP contribution in [0.2, 0.25) is 0 Å². The second kappa shape index (κ2) is 7.57. The number of H-pyrrole nitrogens is 1. The van der Waals surface area contributed by atoms with Gasteiger partial charge in [0.05, 0.1) is 23.7 Å². The smallest absolute Gasteiger partial charge is 0.149 e. The number of hydrogen-bond acceptors (Lipinski definition) is 3. The summed E-state index contributed by atoms with van der Waals surface area (Å²) >= 11 is 0. The second-order valence-corrected chi connectivity index (χ2v) is 7.57. The number of aromatic nitrogens is 3. The Morgan fingerprint density at radius 2 is 1.77 bits per heavy atom. The van der Waals surface area contributed by atoms with E-state index in [1.54, 1.807) is 7.11 Å². The third-order valence-electron chi connectivity index (χ3n) is 5.57. The van der Waals surface area contributed by atoms with Gasteiger partial charge in [0.2, 0.25) is 0 Å². The molecule has 0 saturated carbocycles. The summed E-state index contributed by atoms with van der Waals surface area (Å²) in [5.74, 6) is 1.41. The van der Waals surface area contributed by atoms with Crippen molar-refractivity contribution in [3.8, 4) is 17.5 Å². The van der Waals surface area contributed by atoms with E-state index in [1.165, 1.54) is 11.1 Å². The predicted octanol–water partition coefficient (Wildman–Crippen LogP) is 5.66. The SMILES string of the molecule is COc1ccc(-n2c(C)cc(/C=C(/C#N)c3nc4cc(C)c(C)cc4[nH]3)c2C)cc1. The monoisotopic (exact) mass is 396 g/mol. The number of nitriles is 1. The number of rotatable bonds is 4. The molecule has 30 heavy (non-hydrogen) atoms. The number of benzene rings is 2. The van der Waals surface area contributed by atoms with Gasteiger partial charge in [-0.3, -0.25) is 0 Å². The van der Waals surface area contributed by atoms with Crippen LogP contribution < -0.4 is 4.74 Å². The molecule has 4 rings (SSSR count). The average molecular weight is 396 g/mol. The van der Waals surface area contributed by atoms with Gasteiger partial charge in [-0.2, -0.15) is 5.26 Å². The molecule has 4 aromatic rings. The van der Waals surface area contributed by atoms with Crippen molar-refractivity contribution in [3.63, 3.8) is 0 Å². The van der Waals surface area contributed by atoms with Crippen LogP contribution in [0, 0.1) is 39.0 Å². The van der Waals surface area contributed by atoms with Crippen molar-refractivity contribution in [2.24, 2.45) is 0 Å². The number of methoxy groups -OCH3 is 1. The van der Waals surface area contributed by atoms with Gasteiger partial charge in [-0.1, -0.05) is 0 Å². The van der Waals surface area contributed by atoms with Crippen molar-refractivity contribution in [1.82, 2.24) is 14.5 Å². The van der Waals surface area contributed by atoms with Gasteiger partial charge in [-0.05, 0) is 92.9 Å². The molecule has 0 bridgehead atoms. The largest absolute Gasteiger partial charge is 0.497 e. The zero-order valence-corrected chi connectivity index (χ0v) is 17.9. The normalized spacial score (nSPS) is 11.7. The van der Waals surface area contributed by atoms with Crippen LogP contribution in [0.15, 0.2) is 42.5 Å². The van der Waals surface area contributed by atoms with Gasteiger partial charge in [0.15, 0.2) is 0 Å². The molecule has 2 aromatic carbocycles. The number of nitrogens with one attached hydrogen (secondary N) is 1. The lowest BCUT2D eigenvalue weighted by atomic mass is 10.1. The van der Waals surface area contributed by atoms with Gasteiger partial charge in [-0.15, -0.1) is 0 Å². The van der Waals surface area contributed by atoms with E-state index in [4.69, 9.17) is 4.74 Å². The number of hydrogen-bond donors (Lipinski definition) is 1. The van der Waals surface area contributed by atoms with Crippen LogP contribution >= 0.6 is 0 Å². The fourth-order valence-corrected chi connectivity index (χ4v) is 3.77. The first-order valence-electron chi connectivity index (χ1n) is 9.83. The van der Waals surface area contributed by atoms with E-state index in [-0.39, 0.29) is 0 Å². The molecule has 0 aliphatic heterocycles. The van der Waals surface area contributed by atoms with E-state index < -0.39 is 0 Å². The van der Waals surface area contributed by atoms with Crippen LogP contribution in [0.3, 0.4) is 0 Å². The van der Waals surface area contributed by atoms with Gasteiger partial charge < -0.3 is 14.3 Å². The Morgan fingerprint density at radius 3 is 2.43 bits per heavy atom. The van der Waals surface area contributed by atoms with Crippen molar-refractivity contribution in [2.45, 2.75) is 27.7 Å². The topological polar surface area (TPSA) is 66.6 Å². The van der Waals surface area contributed by atoms with Crippen molar-refractivity contribution < 1.29 is 4.74 Å². The summed E-state index contributed by atoms with van der Waals surface area (Å²) in [5, 5.41) is 9.82. The van der Waals surface area contributed by atoms with Crippen molar-refractivity contribution in [2.75, 3.05) is 7.11 Å². The molecule has 0 aliphatic rings. The highest BCUT2D eigenvalue weighted by molar-refractivity contribution is 5.91. The van der Waals surface area contributed by atoms with E-state index in [1.807, 2.05) is 30.3 Å². The van der Waals surface area contributed by atoms with Crippen molar-refractivity contribution in [3.05, 3.63) is 76.4 Å². The van der Waals surface area contributed by atoms with Gasteiger partial charge in [0.1, 0.15) is 17.6 Å². The minimum atomic E-state index is 0.511. The quantitative estimate of drug-likeness (QED) is 0.453. The molecule has 1 N–H and O–H groups in total. The fourth-order valence-electron chi connectivity index (χ4n) is 3.77. The third kappa shape index (κ3) is 3.37. The zero-order chi connectivity index (χ0) is 21.4. The highest BCUT2D eigenvalue weighted by Gasteiger charge is 2.13. The van der Waals surface area contributed by atoms with Crippen LogP contribution in [0.1, 0.15) is 33.9 Å². The van der Waals surface area contributed by atoms with Crippen LogP contribution in [0.25, 0.3) is 28.4 Å². The number of fused-ring (bicyclic) bond motifs is 1. The van der Waals surface area contributed by atoms with Crippen LogP contribution in [0.5, 0.6) is 5.75 Å². The summed E-state index contributed by atoms with van der Waals surface area (Å²) in [6.07, 6.45) is 1.90. The van der Waals surface area contributed by atoms with Gasteiger partial charge in [0.25, 0.3) is 0 Å². The second-order valence-electron chi connectivity index (χ2n) is 7.57. The molecular formula is C25H24N4O. The summed E-state index contributed by atoms with van der Waals surface area (Å²) in [4.78, 5) is 7.95. The standard InChI is InChI=1S/C25H24N4O/c1-15-10-23-24(11-16(15)2)28-25(27-23)20(14-26)13-19-12-17(3)29(18(19)4)21-6-8-22(30-5)9-7-21/h6-13H,1-5H3,(H,27,28)/b20-13-. The number of aromatic amines is 1. The molecule has 0 fully saturated rings. The van der Waals surface area contributed by atoms with Crippen molar-refractivity contribution in [1.29, 1.82) is 5.26 Å². The van der Waals surface area contributed by atoms with Gasteiger partial charge in [-0.25, -0.2) is 4.98 Å². The zero-order valence-electron chi connectivity index (χ0n) is 17.9. The van der Waals surface area contributed by atoms with Crippen LogP contribution in [-0.2, 0) is 0 Å². The number of allylic oxidation sites excluding steroid dienone is 1. The molecule has 0 amide bonds. The maximum Gasteiger partial charge on any atom is 0.149 e. The molecule has 0 atom stereocenters. The molecular weight excluding hydrogens is 372 g/mol. The Bertz CT molecular complexity index is 1280. The molecule has 5 nitrogen and oxygen atoms in total. The first-order valence-corrected chi connectivity index (χ1v) is 9.83. The van der Waals surface area contributed by atoms with Crippen LogP contribution in [0.4, 0.5) is 0 Å². The molecule has 0 aliphatic carbocycles.